The zero-order chi connectivity index (χ0) is 28.7. The highest BCUT2D eigenvalue weighted by Crippen LogP contribution is 2.42. The van der Waals surface area contributed by atoms with E-state index >= 15 is 0 Å². The number of halogens is 2. The van der Waals surface area contributed by atoms with Gasteiger partial charge in [-0.25, -0.2) is 14.2 Å². The van der Waals surface area contributed by atoms with Gasteiger partial charge in [0.2, 0.25) is 0 Å². The summed E-state index contributed by atoms with van der Waals surface area (Å²) in [5.74, 6) is -1.33. The summed E-state index contributed by atoms with van der Waals surface area (Å²) in [6.07, 6.45) is 2.05. The Hall–Kier alpha value is -4.69. The van der Waals surface area contributed by atoms with Crippen molar-refractivity contribution >= 4 is 34.5 Å². The molecule has 5 aromatic rings. The summed E-state index contributed by atoms with van der Waals surface area (Å²) < 4.78 is 19.4. The van der Waals surface area contributed by atoms with Crippen LogP contribution in [0.3, 0.4) is 0 Å². The van der Waals surface area contributed by atoms with Crippen molar-refractivity contribution in [1.29, 1.82) is 0 Å². The number of benzene rings is 4. The van der Waals surface area contributed by atoms with Crippen LogP contribution in [0.5, 0.6) is 5.75 Å². The molecule has 9 heteroatoms. The van der Waals surface area contributed by atoms with Gasteiger partial charge in [-0.15, -0.1) is 0 Å². The Morgan fingerprint density at radius 2 is 1.83 bits per heavy atom. The molecule has 41 heavy (non-hydrogen) atoms. The maximum atomic E-state index is 14.3. The van der Waals surface area contributed by atoms with Gasteiger partial charge in [-0.05, 0) is 48.1 Å². The van der Waals surface area contributed by atoms with E-state index in [9.17, 15) is 19.1 Å². The number of fused-ring (bicyclic) bond motifs is 1. The SMILES string of the molecule is COc1cc2nc(-c3cccc(Cl)c3-c3ccc(C(=O)N[C@H](c4ccccc4)C4CC4)cc3C(=O)O)[nH]c2cc1F. The van der Waals surface area contributed by atoms with Crippen LogP contribution in [0.25, 0.3) is 33.5 Å². The van der Waals surface area contributed by atoms with Gasteiger partial charge in [0.25, 0.3) is 5.91 Å². The van der Waals surface area contributed by atoms with Crippen molar-refractivity contribution in [2.45, 2.75) is 18.9 Å². The number of aromatic nitrogens is 2. The minimum absolute atomic E-state index is 0.0556. The molecule has 6 rings (SSSR count). The number of hydrogen-bond donors (Lipinski definition) is 3. The van der Waals surface area contributed by atoms with Crippen LogP contribution in [0.15, 0.2) is 78.9 Å². The molecule has 3 N–H and O–H groups in total. The highest BCUT2D eigenvalue weighted by molar-refractivity contribution is 6.34. The van der Waals surface area contributed by atoms with Gasteiger partial charge >= 0.3 is 5.97 Å². The number of aromatic carboxylic acids is 1. The third-order valence-corrected chi connectivity index (χ3v) is 7.66. The lowest BCUT2D eigenvalue weighted by atomic mass is 9.93. The lowest BCUT2D eigenvalue weighted by molar-refractivity contribution is 0.0697. The Balaban J connectivity index is 1.40. The second-order valence-corrected chi connectivity index (χ2v) is 10.4. The molecule has 1 aromatic heterocycles. The number of methoxy groups -OCH3 is 1. The quantitative estimate of drug-likeness (QED) is 0.182. The van der Waals surface area contributed by atoms with E-state index < -0.39 is 11.8 Å². The van der Waals surface area contributed by atoms with Crippen molar-refractivity contribution in [2.24, 2.45) is 5.92 Å². The van der Waals surface area contributed by atoms with Gasteiger partial charge in [0, 0.05) is 33.8 Å². The van der Waals surface area contributed by atoms with Gasteiger partial charge in [0.15, 0.2) is 11.6 Å². The molecule has 206 valence electrons. The average Bonchev–Trinajstić information content (AvgIpc) is 3.74. The largest absolute Gasteiger partial charge is 0.494 e. The molecule has 1 amide bonds. The van der Waals surface area contributed by atoms with Crippen LogP contribution < -0.4 is 10.1 Å². The third kappa shape index (κ3) is 5.14. The maximum Gasteiger partial charge on any atom is 0.336 e. The second kappa shape index (κ2) is 10.7. The first kappa shape index (κ1) is 26.5. The van der Waals surface area contributed by atoms with Crippen LogP contribution in [0.2, 0.25) is 5.02 Å². The van der Waals surface area contributed by atoms with Gasteiger partial charge in [0.1, 0.15) is 5.82 Å². The molecule has 4 aromatic carbocycles. The fourth-order valence-electron chi connectivity index (χ4n) is 5.16. The number of carboxylic acids is 1. The third-order valence-electron chi connectivity index (χ3n) is 7.34. The van der Waals surface area contributed by atoms with Crippen molar-refractivity contribution < 1.29 is 23.8 Å². The minimum Gasteiger partial charge on any atom is -0.494 e. The summed E-state index contributed by atoms with van der Waals surface area (Å²) >= 11 is 6.65. The molecule has 1 aliphatic rings. The highest BCUT2D eigenvalue weighted by atomic mass is 35.5. The first-order chi connectivity index (χ1) is 19.8. The number of carbonyl (C=O) groups excluding carboxylic acids is 1. The molecule has 0 unspecified atom stereocenters. The molecule has 1 saturated carbocycles. The first-order valence-electron chi connectivity index (χ1n) is 13.1. The van der Waals surface area contributed by atoms with Gasteiger partial charge in [-0.2, -0.15) is 0 Å². The Morgan fingerprint density at radius 3 is 2.54 bits per heavy atom. The number of aromatic amines is 1. The normalized spacial score (nSPS) is 13.6. The Bertz CT molecular complexity index is 1800. The van der Waals surface area contributed by atoms with E-state index in [0.29, 0.717) is 44.5 Å². The van der Waals surface area contributed by atoms with Crippen molar-refractivity contribution in [3.63, 3.8) is 0 Å². The predicted molar refractivity (Wildman–Crippen MR) is 155 cm³/mol. The van der Waals surface area contributed by atoms with Gasteiger partial charge in [-0.1, -0.05) is 60.1 Å². The molecule has 1 fully saturated rings. The van der Waals surface area contributed by atoms with Crippen LogP contribution in [0.4, 0.5) is 4.39 Å². The molecule has 0 saturated heterocycles. The molecular formula is C32H25ClFN3O4. The van der Waals surface area contributed by atoms with Crippen molar-refractivity contribution in [1.82, 2.24) is 15.3 Å². The number of carboxylic acid groups (broad SMARTS) is 1. The Labute approximate surface area is 240 Å². The van der Waals surface area contributed by atoms with E-state index in [4.69, 9.17) is 16.3 Å². The lowest BCUT2D eigenvalue weighted by Gasteiger charge is -2.19. The molecule has 0 bridgehead atoms. The summed E-state index contributed by atoms with van der Waals surface area (Å²) in [6.45, 7) is 0. The van der Waals surface area contributed by atoms with Crippen LogP contribution in [-0.2, 0) is 0 Å². The molecule has 0 spiro atoms. The number of imidazole rings is 1. The molecule has 0 radical (unpaired) electrons. The standard InChI is InChI=1S/C32H25ClFN3O4/c1-41-27-16-26-25(15-24(27)34)35-30(36-26)21-8-5-9-23(33)28(21)20-13-12-19(14-22(20)32(39)40)31(38)37-29(18-10-11-18)17-6-3-2-4-7-17/h2-9,12-16,18,29H,10-11H2,1H3,(H,35,36)(H,37,38)(H,39,40)/t29-/m1/s1. The molecule has 1 heterocycles. The Kier molecular flexibility index (Phi) is 6.93. The fourth-order valence-corrected chi connectivity index (χ4v) is 5.44. The number of H-pyrrole nitrogens is 1. The van der Waals surface area contributed by atoms with Gasteiger partial charge < -0.3 is 20.1 Å². The molecule has 1 aliphatic carbocycles. The number of amides is 1. The molecule has 1 atom stereocenters. The second-order valence-electron chi connectivity index (χ2n) is 10.0. The van der Waals surface area contributed by atoms with Gasteiger partial charge in [-0.3, -0.25) is 4.79 Å². The van der Waals surface area contributed by atoms with Crippen LogP contribution in [-0.4, -0.2) is 34.1 Å². The predicted octanol–water partition coefficient (Wildman–Crippen LogP) is 7.28. The summed E-state index contributed by atoms with van der Waals surface area (Å²) in [7, 11) is 1.37. The first-order valence-corrected chi connectivity index (χ1v) is 13.5. The fraction of sp³-hybridized carbons (Fsp3) is 0.156. The topological polar surface area (TPSA) is 104 Å². The summed E-state index contributed by atoms with van der Waals surface area (Å²) in [5, 5.41) is 13.6. The van der Waals surface area contributed by atoms with E-state index in [-0.39, 0.29) is 28.8 Å². The monoisotopic (exact) mass is 569 g/mol. The maximum absolute atomic E-state index is 14.3. The number of nitrogens with zero attached hydrogens (tertiary/aromatic N) is 1. The van der Waals surface area contributed by atoms with E-state index in [2.05, 4.69) is 15.3 Å². The van der Waals surface area contributed by atoms with Crippen LogP contribution in [0.1, 0.15) is 45.2 Å². The van der Waals surface area contributed by atoms with Gasteiger partial charge in [0.05, 0.1) is 29.7 Å². The van der Waals surface area contributed by atoms with E-state index in [1.807, 2.05) is 30.3 Å². The number of hydrogen-bond acceptors (Lipinski definition) is 4. The number of nitrogens with one attached hydrogen (secondary N) is 2. The Morgan fingerprint density at radius 1 is 1.05 bits per heavy atom. The van der Waals surface area contributed by atoms with Crippen molar-refractivity contribution in [3.05, 3.63) is 106 Å². The molecule has 7 nitrogen and oxygen atoms in total. The lowest BCUT2D eigenvalue weighted by Crippen LogP contribution is -2.30. The van der Waals surface area contributed by atoms with Crippen LogP contribution >= 0.6 is 11.6 Å². The zero-order valence-electron chi connectivity index (χ0n) is 21.9. The number of carbonyl (C=O) groups is 2. The summed E-state index contributed by atoms with van der Waals surface area (Å²) in [6, 6.07) is 22.1. The summed E-state index contributed by atoms with van der Waals surface area (Å²) in [5.41, 5.74) is 3.33. The molecular weight excluding hydrogens is 545 g/mol. The van der Waals surface area contributed by atoms with Crippen molar-refractivity contribution in [3.8, 4) is 28.3 Å². The highest BCUT2D eigenvalue weighted by Gasteiger charge is 2.33. The van der Waals surface area contributed by atoms with E-state index in [0.717, 1.165) is 18.4 Å². The minimum atomic E-state index is -1.21. The molecule has 0 aliphatic heterocycles. The number of rotatable bonds is 8. The smallest absolute Gasteiger partial charge is 0.336 e. The van der Waals surface area contributed by atoms with E-state index in [1.54, 1.807) is 30.3 Å². The van der Waals surface area contributed by atoms with Crippen molar-refractivity contribution in [2.75, 3.05) is 7.11 Å². The van der Waals surface area contributed by atoms with E-state index in [1.165, 1.54) is 25.3 Å². The van der Waals surface area contributed by atoms with Crippen LogP contribution in [0, 0.1) is 11.7 Å². The number of ether oxygens (including phenoxy) is 1. The summed E-state index contributed by atoms with van der Waals surface area (Å²) in [4.78, 5) is 33.5. The average molecular weight is 570 g/mol. The zero-order valence-corrected chi connectivity index (χ0v) is 22.7.